The molecule has 2 atom stereocenters. The molecule has 2 aromatic rings. The van der Waals surface area contributed by atoms with E-state index in [1.165, 1.54) is 11.1 Å². The lowest BCUT2D eigenvalue weighted by Gasteiger charge is -2.27. The Hall–Kier alpha value is -2.00. The minimum atomic E-state index is 0.0483. The standard InChI is InChI=1S/C18H21NO2/c1-13-6-5-7-15(10-13)14(2)19-11-16-12-20-17-8-3-4-9-18(17)21-16/h3-10,14,16,19H,11-12H2,1-2H3. The van der Waals surface area contributed by atoms with Gasteiger partial charge in [0.05, 0.1) is 0 Å². The largest absolute Gasteiger partial charge is 0.486 e. The number of hydrogen-bond donors (Lipinski definition) is 1. The van der Waals surface area contributed by atoms with Crippen LogP contribution in [0.4, 0.5) is 0 Å². The summed E-state index contributed by atoms with van der Waals surface area (Å²) < 4.78 is 11.7. The van der Waals surface area contributed by atoms with Crippen LogP contribution in [0.15, 0.2) is 48.5 Å². The van der Waals surface area contributed by atoms with Gasteiger partial charge in [-0.05, 0) is 31.5 Å². The average molecular weight is 283 g/mol. The minimum Gasteiger partial charge on any atom is -0.486 e. The van der Waals surface area contributed by atoms with Crippen molar-refractivity contribution in [3.8, 4) is 11.5 Å². The molecule has 2 unspecified atom stereocenters. The number of rotatable bonds is 4. The van der Waals surface area contributed by atoms with Gasteiger partial charge in [-0.25, -0.2) is 0 Å². The molecule has 21 heavy (non-hydrogen) atoms. The van der Waals surface area contributed by atoms with Crippen LogP contribution in [0.3, 0.4) is 0 Å². The second-order valence-electron chi connectivity index (χ2n) is 5.54. The molecule has 1 aliphatic rings. The monoisotopic (exact) mass is 283 g/mol. The lowest BCUT2D eigenvalue weighted by molar-refractivity contribution is 0.0886. The number of ether oxygens (including phenoxy) is 2. The van der Waals surface area contributed by atoms with E-state index in [0.29, 0.717) is 12.6 Å². The van der Waals surface area contributed by atoms with E-state index < -0.39 is 0 Å². The van der Waals surface area contributed by atoms with Gasteiger partial charge in [0, 0.05) is 12.6 Å². The van der Waals surface area contributed by atoms with Crippen molar-refractivity contribution >= 4 is 0 Å². The Balaban J connectivity index is 1.57. The number of benzene rings is 2. The van der Waals surface area contributed by atoms with Gasteiger partial charge in [0.1, 0.15) is 12.7 Å². The summed E-state index contributed by atoms with van der Waals surface area (Å²) >= 11 is 0. The summed E-state index contributed by atoms with van der Waals surface area (Å²) in [5.41, 5.74) is 2.58. The van der Waals surface area contributed by atoms with Gasteiger partial charge in [-0.3, -0.25) is 0 Å². The number of para-hydroxylation sites is 2. The molecule has 2 aromatic carbocycles. The Morgan fingerprint density at radius 1 is 1.14 bits per heavy atom. The summed E-state index contributed by atoms with van der Waals surface area (Å²) in [6, 6.07) is 16.7. The number of fused-ring (bicyclic) bond motifs is 1. The molecule has 0 amide bonds. The highest BCUT2D eigenvalue weighted by Gasteiger charge is 2.20. The van der Waals surface area contributed by atoms with Gasteiger partial charge in [-0.1, -0.05) is 42.0 Å². The van der Waals surface area contributed by atoms with Crippen LogP contribution >= 0.6 is 0 Å². The highest BCUT2D eigenvalue weighted by molar-refractivity contribution is 5.40. The van der Waals surface area contributed by atoms with Gasteiger partial charge in [-0.15, -0.1) is 0 Å². The predicted molar refractivity (Wildman–Crippen MR) is 83.9 cm³/mol. The first-order valence-corrected chi connectivity index (χ1v) is 7.41. The van der Waals surface area contributed by atoms with Crippen LogP contribution in [0.1, 0.15) is 24.1 Å². The summed E-state index contributed by atoms with van der Waals surface area (Å²) in [5.74, 6) is 1.67. The lowest BCUT2D eigenvalue weighted by atomic mass is 10.1. The van der Waals surface area contributed by atoms with E-state index in [2.05, 4.69) is 43.4 Å². The Labute approximate surface area is 125 Å². The van der Waals surface area contributed by atoms with Crippen molar-refractivity contribution in [3.05, 3.63) is 59.7 Å². The maximum atomic E-state index is 5.95. The van der Waals surface area contributed by atoms with Crippen LogP contribution in [-0.4, -0.2) is 19.3 Å². The first-order chi connectivity index (χ1) is 10.2. The molecule has 0 bridgehead atoms. The van der Waals surface area contributed by atoms with Crippen LogP contribution in [0.25, 0.3) is 0 Å². The molecule has 3 rings (SSSR count). The predicted octanol–water partition coefficient (Wildman–Crippen LogP) is 3.49. The molecular formula is C18H21NO2. The molecule has 1 heterocycles. The van der Waals surface area contributed by atoms with Crippen molar-refractivity contribution in [2.75, 3.05) is 13.2 Å². The Bertz CT molecular complexity index is 612. The molecule has 110 valence electrons. The van der Waals surface area contributed by atoms with Crippen molar-refractivity contribution in [1.82, 2.24) is 5.32 Å². The second kappa shape index (κ2) is 6.19. The van der Waals surface area contributed by atoms with Gasteiger partial charge in [-0.2, -0.15) is 0 Å². The third-order valence-electron chi connectivity index (χ3n) is 3.76. The van der Waals surface area contributed by atoms with Crippen molar-refractivity contribution < 1.29 is 9.47 Å². The zero-order chi connectivity index (χ0) is 14.7. The molecule has 0 radical (unpaired) electrons. The molecule has 0 saturated heterocycles. The molecule has 3 nitrogen and oxygen atoms in total. The van der Waals surface area contributed by atoms with E-state index in [9.17, 15) is 0 Å². The summed E-state index contributed by atoms with van der Waals surface area (Å²) in [5, 5.41) is 3.52. The van der Waals surface area contributed by atoms with Gasteiger partial charge in [0.15, 0.2) is 11.5 Å². The van der Waals surface area contributed by atoms with Crippen LogP contribution in [0.5, 0.6) is 11.5 Å². The first kappa shape index (κ1) is 14.0. The van der Waals surface area contributed by atoms with Crippen LogP contribution < -0.4 is 14.8 Å². The van der Waals surface area contributed by atoms with Crippen LogP contribution in [-0.2, 0) is 0 Å². The van der Waals surface area contributed by atoms with Gasteiger partial charge in [0.25, 0.3) is 0 Å². The molecule has 0 aliphatic carbocycles. The molecule has 3 heteroatoms. The third kappa shape index (κ3) is 3.37. The molecule has 0 saturated carbocycles. The Morgan fingerprint density at radius 3 is 2.76 bits per heavy atom. The van der Waals surface area contributed by atoms with E-state index >= 15 is 0 Å². The lowest BCUT2D eigenvalue weighted by Crippen LogP contribution is -2.39. The number of hydrogen-bond acceptors (Lipinski definition) is 3. The van der Waals surface area contributed by atoms with E-state index in [1.807, 2.05) is 24.3 Å². The maximum absolute atomic E-state index is 5.95. The fraction of sp³-hybridized carbons (Fsp3) is 0.333. The zero-order valence-electron chi connectivity index (χ0n) is 12.5. The summed E-state index contributed by atoms with van der Waals surface area (Å²) in [6.07, 6.45) is 0.0483. The number of aryl methyl sites for hydroxylation is 1. The first-order valence-electron chi connectivity index (χ1n) is 7.41. The fourth-order valence-electron chi connectivity index (χ4n) is 2.53. The molecule has 0 fully saturated rings. The summed E-state index contributed by atoms with van der Waals surface area (Å²) in [4.78, 5) is 0. The van der Waals surface area contributed by atoms with E-state index in [4.69, 9.17) is 9.47 Å². The molecular weight excluding hydrogens is 262 g/mol. The summed E-state index contributed by atoms with van der Waals surface area (Å²) in [7, 11) is 0. The topological polar surface area (TPSA) is 30.5 Å². The smallest absolute Gasteiger partial charge is 0.161 e. The molecule has 1 aliphatic heterocycles. The molecule has 0 spiro atoms. The Kier molecular flexibility index (Phi) is 4.11. The normalized spacial score (nSPS) is 18.3. The van der Waals surface area contributed by atoms with Crippen LogP contribution in [0.2, 0.25) is 0 Å². The maximum Gasteiger partial charge on any atom is 0.161 e. The highest BCUT2D eigenvalue weighted by atomic mass is 16.6. The third-order valence-corrected chi connectivity index (χ3v) is 3.76. The van der Waals surface area contributed by atoms with E-state index in [-0.39, 0.29) is 6.10 Å². The van der Waals surface area contributed by atoms with Crippen molar-refractivity contribution in [3.63, 3.8) is 0 Å². The van der Waals surface area contributed by atoms with Crippen molar-refractivity contribution in [1.29, 1.82) is 0 Å². The molecule has 1 N–H and O–H groups in total. The number of nitrogens with one attached hydrogen (secondary N) is 1. The fourth-order valence-corrected chi connectivity index (χ4v) is 2.53. The van der Waals surface area contributed by atoms with Gasteiger partial charge in [0.2, 0.25) is 0 Å². The SMILES string of the molecule is Cc1cccc(C(C)NCC2COc3ccccc3O2)c1. The summed E-state index contributed by atoms with van der Waals surface area (Å²) in [6.45, 7) is 5.64. The zero-order valence-corrected chi connectivity index (χ0v) is 12.5. The highest BCUT2D eigenvalue weighted by Crippen LogP contribution is 2.30. The van der Waals surface area contributed by atoms with Crippen molar-refractivity contribution in [2.24, 2.45) is 0 Å². The quantitative estimate of drug-likeness (QED) is 0.931. The van der Waals surface area contributed by atoms with Gasteiger partial charge < -0.3 is 14.8 Å². The average Bonchev–Trinajstić information content (AvgIpc) is 2.52. The molecule has 0 aromatic heterocycles. The van der Waals surface area contributed by atoms with E-state index in [1.54, 1.807) is 0 Å². The minimum absolute atomic E-state index is 0.0483. The Morgan fingerprint density at radius 2 is 1.95 bits per heavy atom. The van der Waals surface area contributed by atoms with E-state index in [0.717, 1.165) is 18.0 Å². The van der Waals surface area contributed by atoms with Gasteiger partial charge >= 0.3 is 0 Å². The van der Waals surface area contributed by atoms with Crippen LogP contribution in [0, 0.1) is 6.92 Å². The second-order valence-corrected chi connectivity index (χ2v) is 5.54. The van der Waals surface area contributed by atoms with Crippen molar-refractivity contribution in [2.45, 2.75) is 26.0 Å².